The number of hydrogen-bond donors (Lipinski definition) is 2. The first-order valence-electron chi connectivity index (χ1n) is 6.98. The lowest BCUT2D eigenvalue weighted by atomic mass is 10.0. The number of aromatic nitrogens is 1. The molecule has 0 spiro atoms. The number of rotatable bonds is 7. The predicted molar refractivity (Wildman–Crippen MR) is 81.7 cm³/mol. The van der Waals surface area contributed by atoms with E-state index in [0.29, 0.717) is 19.6 Å². The molecule has 20 heavy (non-hydrogen) atoms. The van der Waals surface area contributed by atoms with Gasteiger partial charge in [0.1, 0.15) is 0 Å². The van der Waals surface area contributed by atoms with E-state index in [1.54, 1.807) is 7.11 Å². The van der Waals surface area contributed by atoms with Crippen molar-refractivity contribution in [1.82, 2.24) is 9.88 Å². The second-order valence-electron chi connectivity index (χ2n) is 5.63. The molecule has 0 aliphatic rings. The molecule has 2 aromatic rings. The Morgan fingerprint density at radius 1 is 1.35 bits per heavy atom. The molecule has 110 valence electrons. The van der Waals surface area contributed by atoms with Crippen LogP contribution in [0.1, 0.15) is 18.9 Å². The molecule has 0 saturated heterocycles. The first-order valence-corrected chi connectivity index (χ1v) is 6.98. The molecule has 1 heterocycles. The van der Waals surface area contributed by atoms with Gasteiger partial charge in [-0.2, -0.15) is 0 Å². The lowest BCUT2D eigenvalue weighted by Crippen LogP contribution is -2.38. The fourth-order valence-electron chi connectivity index (χ4n) is 2.44. The van der Waals surface area contributed by atoms with Crippen LogP contribution >= 0.6 is 0 Å². The Hall–Kier alpha value is -1.36. The highest BCUT2D eigenvalue weighted by Gasteiger charge is 2.19. The summed E-state index contributed by atoms with van der Waals surface area (Å²) >= 11 is 0. The number of nitrogens with one attached hydrogen (secondary N) is 1. The lowest BCUT2D eigenvalue weighted by Gasteiger charge is -2.23. The van der Waals surface area contributed by atoms with Crippen molar-refractivity contribution in [2.24, 2.45) is 7.05 Å². The molecule has 0 saturated carbocycles. The van der Waals surface area contributed by atoms with Crippen LogP contribution in [0.25, 0.3) is 10.9 Å². The summed E-state index contributed by atoms with van der Waals surface area (Å²) in [6.45, 7) is 3.72. The number of hydrogen-bond acceptors (Lipinski definition) is 3. The van der Waals surface area contributed by atoms with Gasteiger partial charge in [-0.15, -0.1) is 0 Å². The first kappa shape index (κ1) is 15.0. The van der Waals surface area contributed by atoms with Crippen molar-refractivity contribution in [2.45, 2.75) is 25.5 Å². The van der Waals surface area contributed by atoms with E-state index < -0.39 is 5.60 Å². The van der Waals surface area contributed by atoms with Gasteiger partial charge in [0.05, 0.1) is 5.60 Å². The largest absolute Gasteiger partial charge is 0.389 e. The average Bonchev–Trinajstić information content (AvgIpc) is 2.74. The highest BCUT2D eigenvalue weighted by molar-refractivity contribution is 5.83. The van der Waals surface area contributed by atoms with Crippen LogP contribution in [0.2, 0.25) is 0 Å². The van der Waals surface area contributed by atoms with E-state index in [2.05, 4.69) is 47.4 Å². The zero-order chi connectivity index (χ0) is 14.6. The van der Waals surface area contributed by atoms with Crippen LogP contribution in [0, 0.1) is 0 Å². The highest BCUT2D eigenvalue weighted by Crippen LogP contribution is 2.20. The molecule has 2 rings (SSSR count). The van der Waals surface area contributed by atoms with Crippen molar-refractivity contribution >= 4 is 10.9 Å². The number of para-hydroxylation sites is 1. The monoisotopic (exact) mass is 276 g/mol. The molecule has 0 radical (unpaired) electrons. The van der Waals surface area contributed by atoms with E-state index in [4.69, 9.17) is 4.74 Å². The van der Waals surface area contributed by atoms with Crippen molar-refractivity contribution < 1.29 is 9.84 Å². The van der Waals surface area contributed by atoms with E-state index >= 15 is 0 Å². The third-order valence-electron chi connectivity index (χ3n) is 3.65. The topological polar surface area (TPSA) is 46.4 Å². The summed E-state index contributed by atoms with van der Waals surface area (Å²) in [6.07, 6.45) is 2.77. The first-order chi connectivity index (χ1) is 9.53. The summed E-state index contributed by atoms with van der Waals surface area (Å²) in [5, 5.41) is 14.8. The van der Waals surface area contributed by atoms with Crippen LogP contribution in [-0.4, -0.2) is 35.5 Å². The molecule has 4 heteroatoms. The van der Waals surface area contributed by atoms with Crippen LogP contribution < -0.4 is 5.32 Å². The molecule has 1 aromatic heterocycles. The van der Waals surface area contributed by atoms with Crippen molar-refractivity contribution in [1.29, 1.82) is 0 Å². The molecule has 1 atom stereocenters. The van der Waals surface area contributed by atoms with Gasteiger partial charge >= 0.3 is 0 Å². The van der Waals surface area contributed by atoms with Gasteiger partial charge in [-0.25, -0.2) is 0 Å². The summed E-state index contributed by atoms with van der Waals surface area (Å²) in [5.74, 6) is 0. The number of fused-ring (bicyclic) bond motifs is 1. The minimum Gasteiger partial charge on any atom is -0.389 e. The summed E-state index contributed by atoms with van der Waals surface area (Å²) in [7, 11) is 3.71. The minimum absolute atomic E-state index is 0.555. The van der Waals surface area contributed by atoms with Crippen molar-refractivity contribution in [3.8, 4) is 0 Å². The fourth-order valence-corrected chi connectivity index (χ4v) is 2.44. The third-order valence-corrected chi connectivity index (χ3v) is 3.65. The summed E-state index contributed by atoms with van der Waals surface area (Å²) < 4.78 is 7.15. The zero-order valence-corrected chi connectivity index (χ0v) is 12.5. The van der Waals surface area contributed by atoms with Gasteiger partial charge in [-0.1, -0.05) is 18.2 Å². The van der Waals surface area contributed by atoms with E-state index in [9.17, 15) is 5.11 Å². The van der Waals surface area contributed by atoms with Crippen LogP contribution in [0.5, 0.6) is 0 Å². The zero-order valence-electron chi connectivity index (χ0n) is 12.5. The molecule has 0 aliphatic heterocycles. The van der Waals surface area contributed by atoms with Crippen LogP contribution in [0.15, 0.2) is 30.5 Å². The molecule has 2 N–H and O–H groups in total. The number of nitrogens with zero attached hydrogens (tertiary/aromatic N) is 1. The number of methoxy groups -OCH3 is 1. The molecule has 0 aliphatic carbocycles. The van der Waals surface area contributed by atoms with Gasteiger partial charge in [0.25, 0.3) is 0 Å². The molecule has 4 nitrogen and oxygen atoms in total. The van der Waals surface area contributed by atoms with E-state index in [1.165, 1.54) is 16.5 Å². The van der Waals surface area contributed by atoms with Crippen molar-refractivity contribution in [3.63, 3.8) is 0 Å². The lowest BCUT2D eigenvalue weighted by molar-refractivity contribution is 0.0248. The SMILES string of the molecule is COCCC(C)(O)CNCc1cn(C)c2ccccc12. The van der Waals surface area contributed by atoms with E-state index in [-0.39, 0.29) is 0 Å². The predicted octanol–water partition coefficient (Wildman–Crippen LogP) is 2.06. The van der Waals surface area contributed by atoms with Crippen molar-refractivity contribution in [2.75, 3.05) is 20.3 Å². The number of aryl methyl sites for hydroxylation is 1. The smallest absolute Gasteiger partial charge is 0.0765 e. The Morgan fingerprint density at radius 2 is 2.10 bits per heavy atom. The van der Waals surface area contributed by atoms with Gasteiger partial charge in [0.2, 0.25) is 0 Å². The minimum atomic E-state index is -0.736. The average molecular weight is 276 g/mol. The van der Waals surface area contributed by atoms with Gasteiger partial charge in [0.15, 0.2) is 0 Å². The highest BCUT2D eigenvalue weighted by atomic mass is 16.5. The Bertz CT molecular complexity index is 561. The standard InChI is InChI=1S/C16H24N2O2/c1-16(19,8-9-20-3)12-17-10-13-11-18(2)15-7-5-4-6-14(13)15/h4-7,11,17,19H,8-10,12H2,1-3H3. The van der Waals surface area contributed by atoms with Gasteiger partial charge in [-0.3, -0.25) is 0 Å². The maximum absolute atomic E-state index is 10.2. The van der Waals surface area contributed by atoms with Crippen LogP contribution in [-0.2, 0) is 18.3 Å². The van der Waals surface area contributed by atoms with Crippen LogP contribution in [0.4, 0.5) is 0 Å². The van der Waals surface area contributed by atoms with Gasteiger partial charge in [-0.05, 0) is 18.6 Å². The Kier molecular flexibility index (Phi) is 4.81. The summed E-state index contributed by atoms with van der Waals surface area (Å²) in [4.78, 5) is 0. The maximum atomic E-state index is 10.2. The number of ether oxygens (including phenoxy) is 1. The Morgan fingerprint density at radius 3 is 2.85 bits per heavy atom. The molecular weight excluding hydrogens is 252 g/mol. The summed E-state index contributed by atoms with van der Waals surface area (Å²) in [5.41, 5.74) is 1.75. The number of benzene rings is 1. The molecule has 0 amide bonds. The van der Waals surface area contributed by atoms with E-state index in [0.717, 1.165) is 6.54 Å². The normalized spacial score (nSPS) is 14.6. The second-order valence-corrected chi connectivity index (χ2v) is 5.63. The number of aliphatic hydroxyl groups is 1. The fraction of sp³-hybridized carbons (Fsp3) is 0.500. The molecule has 0 fully saturated rings. The maximum Gasteiger partial charge on any atom is 0.0765 e. The molecule has 0 bridgehead atoms. The molecular formula is C16H24N2O2. The Labute approximate surface area is 120 Å². The van der Waals surface area contributed by atoms with E-state index in [1.807, 2.05) is 6.92 Å². The summed E-state index contributed by atoms with van der Waals surface area (Å²) in [6, 6.07) is 8.36. The second kappa shape index (κ2) is 6.39. The van der Waals surface area contributed by atoms with Crippen molar-refractivity contribution in [3.05, 3.63) is 36.0 Å². The molecule has 1 aromatic carbocycles. The van der Waals surface area contributed by atoms with Gasteiger partial charge in [0, 0.05) is 57.4 Å². The van der Waals surface area contributed by atoms with Gasteiger partial charge < -0.3 is 19.7 Å². The quantitative estimate of drug-likeness (QED) is 0.813. The Balaban J connectivity index is 1.96. The molecule has 1 unspecified atom stereocenters. The van der Waals surface area contributed by atoms with Crippen LogP contribution in [0.3, 0.4) is 0 Å². The third kappa shape index (κ3) is 3.60.